The Kier molecular flexibility index (Phi) is 6.10. The third kappa shape index (κ3) is 4.47. The lowest BCUT2D eigenvalue weighted by molar-refractivity contribution is 0.181. The molecule has 1 saturated heterocycles. The van der Waals surface area contributed by atoms with E-state index in [0.29, 0.717) is 11.8 Å². The first-order valence-corrected chi connectivity index (χ1v) is 8.57. The number of benzene rings is 1. The number of rotatable bonds is 6. The van der Waals surface area contributed by atoms with Gasteiger partial charge in [-0.2, -0.15) is 0 Å². The van der Waals surface area contributed by atoms with Gasteiger partial charge in [-0.3, -0.25) is 4.90 Å². The predicted molar refractivity (Wildman–Crippen MR) is 90.4 cm³/mol. The van der Waals surface area contributed by atoms with Crippen molar-refractivity contribution in [3.63, 3.8) is 0 Å². The second-order valence-corrected chi connectivity index (χ2v) is 6.83. The van der Waals surface area contributed by atoms with Crippen molar-refractivity contribution in [2.45, 2.75) is 58.8 Å². The molecule has 2 nitrogen and oxygen atoms in total. The number of piperidine rings is 1. The van der Waals surface area contributed by atoms with Crippen molar-refractivity contribution in [2.24, 2.45) is 0 Å². The molecule has 0 radical (unpaired) electrons. The van der Waals surface area contributed by atoms with Crippen molar-refractivity contribution in [3.05, 3.63) is 29.3 Å². The molecule has 1 aromatic rings. The van der Waals surface area contributed by atoms with E-state index in [2.05, 4.69) is 50.8 Å². The topological polar surface area (TPSA) is 12.5 Å². The molecule has 1 fully saturated rings. The van der Waals surface area contributed by atoms with Crippen molar-refractivity contribution in [1.82, 2.24) is 4.90 Å². The van der Waals surface area contributed by atoms with Gasteiger partial charge in [0.1, 0.15) is 12.4 Å². The standard InChI is InChI=1S/C19H31NO/c1-15(2)17-9-8-10-18(16(3)4)19(17)21-14-13-20-11-6-5-7-12-20/h8-10,15-16H,5-7,11-14H2,1-4H3. The first-order chi connectivity index (χ1) is 10.1. The van der Waals surface area contributed by atoms with E-state index in [1.807, 2.05) is 0 Å². The van der Waals surface area contributed by atoms with Gasteiger partial charge in [-0.25, -0.2) is 0 Å². The summed E-state index contributed by atoms with van der Waals surface area (Å²) in [5.74, 6) is 2.15. The second kappa shape index (κ2) is 7.84. The van der Waals surface area contributed by atoms with Gasteiger partial charge in [0.05, 0.1) is 0 Å². The van der Waals surface area contributed by atoms with Crippen LogP contribution in [0.25, 0.3) is 0 Å². The number of hydrogen-bond acceptors (Lipinski definition) is 2. The van der Waals surface area contributed by atoms with Gasteiger partial charge in [0.2, 0.25) is 0 Å². The van der Waals surface area contributed by atoms with Gasteiger partial charge in [-0.1, -0.05) is 52.3 Å². The Labute approximate surface area is 130 Å². The van der Waals surface area contributed by atoms with Gasteiger partial charge in [0.15, 0.2) is 0 Å². The number of nitrogens with zero attached hydrogens (tertiary/aromatic N) is 1. The Bertz CT molecular complexity index is 407. The molecule has 21 heavy (non-hydrogen) atoms. The molecule has 0 saturated carbocycles. The molecule has 0 aliphatic carbocycles. The SMILES string of the molecule is CC(C)c1cccc(C(C)C)c1OCCN1CCCCC1. The average molecular weight is 289 g/mol. The second-order valence-electron chi connectivity index (χ2n) is 6.83. The Morgan fingerprint density at radius 3 is 2.05 bits per heavy atom. The minimum atomic E-state index is 0.508. The quantitative estimate of drug-likeness (QED) is 0.746. The maximum atomic E-state index is 6.25. The van der Waals surface area contributed by atoms with Crippen molar-refractivity contribution in [3.8, 4) is 5.75 Å². The third-order valence-electron chi connectivity index (χ3n) is 4.42. The van der Waals surface area contributed by atoms with Crippen LogP contribution in [0.3, 0.4) is 0 Å². The van der Waals surface area contributed by atoms with Crippen LogP contribution in [0.4, 0.5) is 0 Å². The smallest absolute Gasteiger partial charge is 0.126 e. The Hall–Kier alpha value is -1.02. The number of ether oxygens (including phenoxy) is 1. The summed E-state index contributed by atoms with van der Waals surface area (Å²) < 4.78 is 6.25. The fraction of sp³-hybridized carbons (Fsp3) is 0.684. The minimum absolute atomic E-state index is 0.508. The highest BCUT2D eigenvalue weighted by Gasteiger charge is 2.16. The van der Waals surface area contributed by atoms with Crippen molar-refractivity contribution >= 4 is 0 Å². The van der Waals surface area contributed by atoms with E-state index < -0.39 is 0 Å². The van der Waals surface area contributed by atoms with Crippen LogP contribution < -0.4 is 4.74 Å². The van der Waals surface area contributed by atoms with Gasteiger partial charge in [0, 0.05) is 6.54 Å². The van der Waals surface area contributed by atoms with Crippen LogP contribution in [0, 0.1) is 0 Å². The molecule has 1 aliphatic rings. The molecule has 1 aliphatic heterocycles. The molecule has 0 N–H and O–H groups in total. The lowest BCUT2D eigenvalue weighted by Gasteiger charge is -2.27. The van der Waals surface area contributed by atoms with E-state index >= 15 is 0 Å². The molecule has 2 heteroatoms. The molecular formula is C19H31NO. The zero-order chi connectivity index (χ0) is 15.2. The van der Waals surface area contributed by atoms with Crippen LogP contribution in [0.5, 0.6) is 5.75 Å². The van der Waals surface area contributed by atoms with E-state index in [1.165, 1.54) is 43.5 Å². The molecule has 0 aromatic heterocycles. The van der Waals surface area contributed by atoms with Crippen LogP contribution in [-0.2, 0) is 0 Å². The molecule has 0 amide bonds. The van der Waals surface area contributed by atoms with E-state index in [0.717, 1.165) is 18.9 Å². The first-order valence-electron chi connectivity index (χ1n) is 8.57. The highest BCUT2D eigenvalue weighted by atomic mass is 16.5. The van der Waals surface area contributed by atoms with Crippen LogP contribution in [-0.4, -0.2) is 31.1 Å². The van der Waals surface area contributed by atoms with Crippen LogP contribution >= 0.6 is 0 Å². The van der Waals surface area contributed by atoms with Crippen LogP contribution in [0.15, 0.2) is 18.2 Å². The van der Waals surface area contributed by atoms with E-state index in [-0.39, 0.29) is 0 Å². The zero-order valence-electron chi connectivity index (χ0n) is 14.2. The van der Waals surface area contributed by atoms with Crippen molar-refractivity contribution in [2.75, 3.05) is 26.2 Å². The van der Waals surface area contributed by atoms with Crippen LogP contribution in [0.2, 0.25) is 0 Å². The molecule has 0 spiro atoms. The van der Waals surface area contributed by atoms with Crippen LogP contribution in [0.1, 0.15) is 69.9 Å². The average Bonchev–Trinajstić information content (AvgIpc) is 2.48. The van der Waals surface area contributed by atoms with Crippen molar-refractivity contribution in [1.29, 1.82) is 0 Å². The Balaban J connectivity index is 2.02. The molecule has 2 rings (SSSR count). The molecule has 0 atom stereocenters. The van der Waals surface area contributed by atoms with E-state index in [9.17, 15) is 0 Å². The molecular weight excluding hydrogens is 258 g/mol. The van der Waals surface area contributed by atoms with Gasteiger partial charge in [0.25, 0.3) is 0 Å². The van der Waals surface area contributed by atoms with Gasteiger partial charge in [-0.15, -0.1) is 0 Å². The summed E-state index contributed by atoms with van der Waals surface area (Å²) in [5, 5.41) is 0. The molecule has 1 aromatic carbocycles. The minimum Gasteiger partial charge on any atom is -0.492 e. The highest BCUT2D eigenvalue weighted by Crippen LogP contribution is 2.34. The summed E-state index contributed by atoms with van der Waals surface area (Å²) in [6.45, 7) is 13.3. The molecule has 0 unspecified atom stereocenters. The van der Waals surface area contributed by atoms with Crippen molar-refractivity contribution < 1.29 is 4.74 Å². The first kappa shape index (κ1) is 16.4. The zero-order valence-corrected chi connectivity index (χ0v) is 14.2. The molecule has 118 valence electrons. The number of likely N-dealkylation sites (tertiary alicyclic amines) is 1. The highest BCUT2D eigenvalue weighted by molar-refractivity contribution is 5.44. The third-order valence-corrected chi connectivity index (χ3v) is 4.42. The van der Waals surface area contributed by atoms with E-state index in [1.54, 1.807) is 0 Å². The number of para-hydroxylation sites is 1. The summed E-state index contributed by atoms with van der Waals surface area (Å²) in [6.07, 6.45) is 4.09. The lowest BCUT2D eigenvalue weighted by atomic mass is 9.94. The largest absolute Gasteiger partial charge is 0.492 e. The fourth-order valence-electron chi connectivity index (χ4n) is 3.11. The Morgan fingerprint density at radius 1 is 0.952 bits per heavy atom. The summed E-state index contributed by atoms with van der Waals surface area (Å²) in [6, 6.07) is 6.60. The molecule has 0 bridgehead atoms. The fourth-order valence-corrected chi connectivity index (χ4v) is 3.11. The number of hydrogen-bond donors (Lipinski definition) is 0. The van der Waals surface area contributed by atoms with Gasteiger partial charge in [-0.05, 0) is 48.9 Å². The maximum Gasteiger partial charge on any atom is 0.126 e. The molecule has 1 heterocycles. The summed E-state index contributed by atoms with van der Waals surface area (Å²) in [5.41, 5.74) is 2.69. The summed E-state index contributed by atoms with van der Waals surface area (Å²) in [4.78, 5) is 2.54. The van der Waals surface area contributed by atoms with Gasteiger partial charge < -0.3 is 4.74 Å². The lowest BCUT2D eigenvalue weighted by Crippen LogP contribution is -2.33. The predicted octanol–water partition coefficient (Wildman–Crippen LogP) is 4.80. The summed E-state index contributed by atoms with van der Waals surface area (Å²) >= 11 is 0. The maximum absolute atomic E-state index is 6.25. The normalized spacial score (nSPS) is 16.7. The summed E-state index contributed by atoms with van der Waals surface area (Å²) in [7, 11) is 0. The van der Waals surface area contributed by atoms with Gasteiger partial charge >= 0.3 is 0 Å². The monoisotopic (exact) mass is 289 g/mol. The van der Waals surface area contributed by atoms with E-state index in [4.69, 9.17) is 4.74 Å². The Morgan fingerprint density at radius 2 is 1.52 bits per heavy atom.